The van der Waals surface area contributed by atoms with Crippen LogP contribution in [-0.2, 0) is 6.42 Å². The van der Waals surface area contributed by atoms with Gasteiger partial charge in [-0.15, -0.1) is 0 Å². The minimum absolute atomic E-state index is 0.660. The van der Waals surface area contributed by atoms with Gasteiger partial charge in [0, 0.05) is 5.56 Å². The van der Waals surface area contributed by atoms with Gasteiger partial charge in [0.2, 0.25) is 0 Å². The van der Waals surface area contributed by atoms with Crippen molar-refractivity contribution in [2.24, 2.45) is 5.92 Å². The summed E-state index contributed by atoms with van der Waals surface area (Å²) in [5.41, 5.74) is 5.77. The molecule has 0 fully saturated rings. The van der Waals surface area contributed by atoms with E-state index in [0.717, 1.165) is 33.4 Å². The summed E-state index contributed by atoms with van der Waals surface area (Å²) < 4.78 is 0.722. The van der Waals surface area contributed by atoms with Crippen LogP contribution in [0.4, 0.5) is 0 Å². The molecule has 0 amide bonds. The van der Waals surface area contributed by atoms with Crippen LogP contribution in [0.2, 0.25) is 0 Å². The van der Waals surface area contributed by atoms with Crippen LogP contribution in [0.5, 0.6) is 0 Å². The second kappa shape index (κ2) is 5.66. The Labute approximate surface area is 119 Å². The Bertz CT molecular complexity index is 641. The second-order valence-corrected chi connectivity index (χ2v) is 5.86. The Morgan fingerprint density at radius 2 is 1.95 bits per heavy atom. The lowest BCUT2D eigenvalue weighted by Gasteiger charge is -2.10. The highest BCUT2D eigenvalue weighted by atomic mass is 32.1. The van der Waals surface area contributed by atoms with Gasteiger partial charge in [-0.25, -0.2) is 0 Å². The predicted octanol–water partition coefficient (Wildman–Crippen LogP) is 4.62. The second-order valence-electron chi connectivity index (χ2n) is 5.45. The first-order valence-corrected chi connectivity index (χ1v) is 7.05. The van der Waals surface area contributed by atoms with Gasteiger partial charge in [-0.05, 0) is 48.9 Å². The van der Waals surface area contributed by atoms with Crippen molar-refractivity contribution >= 4 is 12.2 Å². The highest BCUT2D eigenvalue weighted by Gasteiger charge is 2.08. The monoisotopic (exact) mass is 272 g/mol. The molecular weight excluding hydrogens is 252 g/mol. The van der Waals surface area contributed by atoms with Crippen molar-refractivity contribution in [3.63, 3.8) is 0 Å². The third-order valence-electron chi connectivity index (χ3n) is 3.37. The Balaban J connectivity index is 2.48. The minimum atomic E-state index is 0.660. The van der Waals surface area contributed by atoms with Crippen molar-refractivity contribution in [1.82, 2.24) is 10.2 Å². The van der Waals surface area contributed by atoms with Crippen molar-refractivity contribution in [2.45, 2.75) is 34.1 Å². The van der Waals surface area contributed by atoms with Crippen molar-refractivity contribution < 1.29 is 0 Å². The molecule has 19 heavy (non-hydrogen) atoms. The van der Waals surface area contributed by atoms with Crippen LogP contribution in [-0.4, -0.2) is 10.2 Å². The van der Waals surface area contributed by atoms with E-state index in [-0.39, 0.29) is 0 Å². The number of aromatic amines is 1. The molecule has 2 aromatic rings. The topological polar surface area (TPSA) is 28.7 Å². The van der Waals surface area contributed by atoms with Gasteiger partial charge in [0.1, 0.15) is 4.64 Å². The lowest BCUT2D eigenvalue weighted by Crippen LogP contribution is -1.98. The van der Waals surface area contributed by atoms with Crippen LogP contribution >= 0.6 is 12.2 Å². The van der Waals surface area contributed by atoms with E-state index in [1.54, 1.807) is 0 Å². The lowest BCUT2D eigenvalue weighted by molar-refractivity contribution is 0.647. The largest absolute Gasteiger partial charge is 0.267 e. The Morgan fingerprint density at radius 3 is 2.63 bits per heavy atom. The molecule has 0 aliphatic heterocycles. The number of H-pyrrole nitrogens is 1. The van der Waals surface area contributed by atoms with Gasteiger partial charge in [-0.3, -0.25) is 5.10 Å². The van der Waals surface area contributed by atoms with Gasteiger partial charge in [0.15, 0.2) is 0 Å². The molecule has 1 heterocycles. The third kappa shape index (κ3) is 3.10. The minimum Gasteiger partial charge on any atom is -0.267 e. The number of nitrogens with zero attached hydrogens (tertiary/aromatic N) is 1. The number of nitrogens with one attached hydrogen (secondary N) is 1. The quantitative estimate of drug-likeness (QED) is 0.826. The molecular formula is C16H20N2S. The van der Waals surface area contributed by atoms with Crippen molar-refractivity contribution in [3.05, 3.63) is 45.6 Å². The molecule has 0 aliphatic rings. The predicted molar refractivity (Wildman–Crippen MR) is 82.9 cm³/mol. The summed E-state index contributed by atoms with van der Waals surface area (Å²) in [7, 11) is 0. The first-order valence-electron chi connectivity index (χ1n) is 6.64. The van der Waals surface area contributed by atoms with Crippen LogP contribution in [0.25, 0.3) is 11.3 Å². The van der Waals surface area contributed by atoms with E-state index in [1.807, 2.05) is 6.92 Å². The molecule has 0 bridgehead atoms. The Morgan fingerprint density at radius 1 is 1.21 bits per heavy atom. The molecule has 2 nitrogen and oxygen atoms in total. The lowest BCUT2D eigenvalue weighted by atomic mass is 9.98. The number of aromatic nitrogens is 2. The van der Waals surface area contributed by atoms with Crippen molar-refractivity contribution in [2.75, 3.05) is 0 Å². The average Bonchev–Trinajstić information content (AvgIpc) is 2.36. The Kier molecular flexibility index (Phi) is 4.15. The Hall–Kier alpha value is -1.48. The fourth-order valence-electron chi connectivity index (χ4n) is 2.22. The van der Waals surface area contributed by atoms with Gasteiger partial charge < -0.3 is 0 Å². The maximum absolute atomic E-state index is 5.22. The SMILES string of the molecule is Cc1c(-c2cccc(CC(C)C)c2)n[nH]c(=S)c1C. The van der Waals surface area contributed by atoms with E-state index in [1.165, 1.54) is 5.56 Å². The smallest absolute Gasteiger partial charge is 0.122 e. The van der Waals surface area contributed by atoms with Gasteiger partial charge in [0.25, 0.3) is 0 Å². The normalized spacial score (nSPS) is 11.0. The summed E-state index contributed by atoms with van der Waals surface area (Å²) in [5.74, 6) is 0.660. The van der Waals surface area contributed by atoms with Crippen molar-refractivity contribution in [1.29, 1.82) is 0 Å². The van der Waals surface area contributed by atoms with E-state index in [4.69, 9.17) is 12.2 Å². The van der Waals surface area contributed by atoms with Crippen LogP contribution in [0, 0.1) is 24.4 Å². The summed E-state index contributed by atoms with van der Waals surface area (Å²) in [6.45, 7) is 8.59. The zero-order valence-electron chi connectivity index (χ0n) is 11.9. The number of hydrogen-bond donors (Lipinski definition) is 1. The van der Waals surface area contributed by atoms with Crippen LogP contribution in [0.3, 0.4) is 0 Å². The van der Waals surface area contributed by atoms with E-state index >= 15 is 0 Å². The highest BCUT2D eigenvalue weighted by Crippen LogP contribution is 2.24. The number of hydrogen-bond acceptors (Lipinski definition) is 2. The van der Waals surface area contributed by atoms with Crippen LogP contribution in [0.1, 0.15) is 30.5 Å². The molecule has 1 N–H and O–H groups in total. The fourth-order valence-corrected chi connectivity index (χ4v) is 2.42. The molecule has 1 aromatic carbocycles. The number of benzene rings is 1. The van der Waals surface area contributed by atoms with E-state index in [9.17, 15) is 0 Å². The van der Waals surface area contributed by atoms with E-state index in [0.29, 0.717) is 5.92 Å². The average molecular weight is 272 g/mol. The van der Waals surface area contributed by atoms with Gasteiger partial charge in [-0.1, -0.05) is 44.3 Å². The molecule has 2 rings (SSSR count). The summed E-state index contributed by atoms with van der Waals surface area (Å²) in [4.78, 5) is 0. The molecule has 0 saturated carbocycles. The van der Waals surface area contributed by atoms with Crippen molar-refractivity contribution in [3.8, 4) is 11.3 Å². The van der Waals surface area contributed by atoms with Gasteiger partial charge >= 0.3 is 0 Å². The molecule has 0 saturated heterocycles. The first kappa shape index (κ1) is 13.9. The molecule has 0 radical (unpaired) electrons. The van der Waals surface area contributed by atoms with Gasteiger partial charge in [0.05, 0.1) is 5.69 Å². The number of rotatable bonds is 3. The van der Waals surface area contributed by atoms with Crippen LogP contribution in [0.15, 0.2) is 24.3 Å². The summed E-state index contributed by atoms with van der Waals surface area (Å²) >= 11 is 5.22. The zero-order chi connectivity index (χ0) is 14.0. The molecule has 0 unspecified atom stereocenters. The maximum atomic E-state index is 5.22. The zero-order valence-corrected chi connectivity index (χ0v) is 12.8. The van der Waals surface area contributed by atoms with Gasteiger partial charge in [-0.2, -0.15) is 5.10 Å². The fraction of sp³-hybridized carbons (Fsp3) is 0.375. The first-order chi connectivity index (χ1) is 8.99. The molecule has 0 atom stereocenters. The molecule has 0 spiro atoms. The molecule has 3 heteroatoms. The molecule has 100 valence electrons. The maximum Gasteiger partial charge on any atom is 0.122 e. The molecule has 1 aromatic heterocycles. The summed E-state index contributed by atoms with van der Waals surface area (Å²) in [6, 6.07) is 8.61. The summed E-state index contributed by atoms with van der Waals surface area (Å²) in [6.07, 6.45) is 1.09. The third-order valence-corrected chi connectivity index (χ3v) is 3.77. The van der Waals surface area contributed by atoms with Crippen LogP contribution < -0.4 is 0 Å². The summed E-state index contributed by atoms with van der Waals surface area (Å²) in [5, 5.41) is 7.33. The highest BCUT2D eigenvalue weighted by molar-refractivity contribution is 7.71. The standard InChI is InChI=1S/C16H20N2S/c1-10(2)8-13-6-5-7-14(9-13)15-11(3)12(4)16(19)18-17-15/h5-7,9-10H,8H2,1-4H3,(H,18,19). The van der Waals surface area contributed by atoms with E-state index < -0.39 is 0 Å². The molecule has 0 aliphatic carbocycles. The van der Waals surface area contributed by atoms with E-state index in [2.05, 4.69) is 55.2 Å².